The van der Waals surface area contributed by atoms with Crippen molar-refractivity contribution in [2.45, 2.75) is 213 Å². The molecule has 69 heavy (non-hydrogen) atoms. The molecule has 0 bridgehead atoms. The van der Waals surface area contributed by atoms with Crippen LogP contribution >= 0.6 is 7.82 Å². The first kappa shape index (κ1) is 65.4. The van der Waals surface area contributed by atoms with E-state index in [4.69, 9.17) is 24.3 Å². The molecule has 0 aliphatic heterocycles. The SMILES string of the molecule is CC/C=C\C/C=C\C/C=C\C/C=C\C/C=C\CCCCCCCCCCCCCC(=O)OC(COC(=O)CCCCCCC/C=C\C/C=C\C/C=C\C/C=C\C/C=C\CC)COP(=O)(O)OCCN. The summed E-state index contributed by atoms with van der Waals surface area (Å²) in [7, 11) is -4.40. The van der Waals surface area contributed by atoms with Crippen LogP contribution in [0.2, 0.25) is 0 Å². The predicted molar refractivity (Wildman–Crippen MR) is 293 cm³/mol. The number of carbonyl (C=O) groups excluding carboxylic acids is 2. The number of unbranched alkanes of at least 4 members (excludes halogenated alkanes) is 16. The van der Waals surface area contributed by atoms with Crippen LogP contribution in [0, 0.1) is 0 Å². The Kier molecular flexibility index (Phi) is 51.0. The molecule has 2 atom stereocenters. The van der Waals surface area contributed by atoms with Gasteiger partial charge >= 0.3 is 19.8 Å². The Morgan fingerprint density at radius 1 is 0.435 bits per heavy atom. The Bertz CT molecular complexity index is 1540. The lowest BCUT2D eigenvalue weighted by molar-refractivity contribution is -0.161. The van der Waals surface area contributed by atoms with Crippen LogP contribution in [0.1, 0.15) is 206 Å². The Morgan fingerprint density at radius 3 is 1.12 bits per heavy atom. The second-order valence-electron chi connectivity index (χ2n) is 17.3. The van der Waals surface area contributed by atoms with Gasteiger partial charge in [0.1, 0.15) is 6.61 Å². The molecule has 9 nitrogen and oxygen atoms in total. The third-order valence-electron chi connectivity index (χ3n) is 10.8. The third-order valence-corrected chi connectivity index (χ3v) is 11.8. The summed E-state index contributed by atoms with van der Waals surface area (Å²) in [6.45, 7) is 3.48. The molecule has 0 saturated heterocycles. The normalized spacial score (nSPS) is 14.1. The number of ether oxygens (including phenoxy) is 2. The molecule has 0 aliphatic carbocycles. The molecule has 0 heterocycles. The molecule has 2 unspecified atom stereocenters. The van der Waals surface area contributed by atoms with Crippen molar-refractivity contribution < 1.29 is 37.6 Å². The highest BCUT2D eigenvalue weighted by Crippen LogP contribution is 2.43. The molecule has 0 amide bonds. The minimum atomic E-state index is -4.40. The molecule has 0 radical (unpaired) electrons. The lowest BCUT2D eigenvalue weighted by Gasteiger charge is -2.19. The van der Waals surface area contributed by atoms with Crippen LogP contribution in [-0.4, -0.2) is 49.3 Å². The van der Waals surface area contributed by atoms with Crippen molar-refractivity contribution in [3.05, 3.63) is 122 Å². The summed E-state index contributed by atoms with van der Waals surface area (Å²) in [4.78, 5) is 35.1. The largest absolute Gasteiger partial charge is 0.472 e. The van der Waals surface area contributed by atoms with Crippen LogP contribution in [0.5, 0.6) is 0 Å². The minimum Gasteiger partial charge on any atom is -0.462 e. The second-order valence-corrected chi connectivity index (χ2v) is 18.8. The molecule has 0 rings (SSSR count). The van der Waals surface area contributed by atoms with Gasteiger partial charge in [-0.1, -0.05) is 212 Å². The van der Waals surface area contributed by atoms with E-state index in [0.29, 0.717) is 12.8 Å². The highest BCUT2D eigenvalue weighted by Gasteiger charge is 2.26. The van der Waals surface area contributed by atoms with Gasteiger partial charge < -0.3 is 20.1 Å². The first-order chi connectivity index (χ1) is 33.8. The van der Waals surface area contributed by atoms with Crippen LogP contribution in [-0.2, 0) is 32.7 Å². The average Bonchev–Trinajstić information content (AvgIpc) is 3.34. The van der Waals surface area contributed by atoms with Crippen molar-refractivity contribution in [1.82, 2.24) is 0 Å². The van der Waals surface area contributed by atoms with E-state index in [1.165, 1.54) is 44.9 Å². The van der Waals surface area contributed by atoms with E-state index in [9.17, 15) is 19.0 Å². The third kappa shape index (κ3) is 53.6. The van der Waals surface area contributed by atoms with Gasteiger partial charge in [-0.2, -0.15) is 0 Å². The van der Waals surface area contributed by atoms with E-state index in [0.717, 1.165) is 122 Å². The summed E-state index contributed by atoms with van der Waals surface area (Å²) in [6, 6.07) is 0. The Labute approximate surface area is 421 Å². The van der Waals surface area contributed by atoms with Gasteiger partial charge in [-0.05, 0) is 103 Å². The van der Waals surface area contributed by atoms with E-state index in [-0.39, 0.29) is 32.6 Å². The molecule has 392 valence electrons. The van der Waals surface area contributed by atoms with Gasteiger partial charge in [0.25, 0.3) is 0 Å². The molecule has 3 N–H and O–H groups in total. The summed E-state index contributed by atoms with van der Waals surface area (Å²) in [5.74, 6) is -0.861. The summed E-state index contributed by atoms with van der Waals surface area (Å²) in [6.07, 6.45) is 73.8. The summed E-state index contributed by atoms with van der Waals surface area (Å²) < 4.78 is 33.0. The Hall–Kier alpha value is -3.59. The zero-order chi connectivity index (χ0) is 50.2. The van der Waals surface area contributed by atoms with Gasteiger partial charge in [-0.15, -0.1) is 0 Å². The molecule has 0 aromatic carbocycles. The number of allylic oxidation sites excluding steroid dienone is 20. The minimum absolute atomic E-state index is 0.0434. The van der Waals surface area contributed by atoms with E-state index < -0.39 is 32.5 Å². The topological polar surface area (TPSA) is 134 Å². The van der Waals surface area contributed by atoms with E-state index in [1.54, 1.807) is 0 Å². The zero-order valence-corrected chi connectivity index (χ0v) is 44.4. The standard InChI is InChI=1S/C59H98NO8P/c1-3-5-7-9-11-13-15-17-19-21-23-25-26-27-28-29-30-32-34-36-38-40-42-44-46-48-50-52-59(62)68-57(56-67-69(63,64)66-54-53-60)55-65-58(61)51-49-47-45-43-41-39-37-35-33-31-24-22-20-18-16-14-12-10-8-6-4-2/h5-8,11-14,17-20,23-25,27-28,31,35,37,57H,3-4,9-10,15-16,21-22,26,29-30,32-34,36,38-56,60H2,1-2H3,(H,63,64)/b7-5-,8-6-,13-11-,14-12-,19-17-,20-18-,25-23-,28-27-,31-24-,37-35-. The van der Waals surface area contributed by atoms with Crippen LogP contribution in [0.15, 0.2) is 122 Å². The van der Waals surface area contributed by atoms with E-state index in [1.807, 2.05) is 0 Å². The summed E-state index contributed by atoms with van der Waals surface area (Å²) >= 11 is 0. The van der Waals surface area contributed by atoms with Gasteiger partial charge in [-0.25, -0.2) is 4.57 Å². The lowest BCUT2D eigenvalue weighted by atomic mass is 10.0. The van der Waals surface area contributed by atoms with Crippen LogP contribution < -0.4 is 5.73 Å². The maximum atomic E-state index is 12.7. The Morgan fingerprint density at radius 2 is 0.754 bits per heavy atom. The summed E-state index contributed by atoms with van der Waals surface area (Å²) in [5.41, 5.74) is 5.37. The Balaban J connectivity index is 4.08. The fourth-order valence-corrected chi connectivity index (χ4v) is 7.69. The van der Waals surface area contributed by atoms with E-state index >= 15 is 0 Å². The van der Waals surface area contributed by atoms with Crippen molar-refractivity contribution in [2.24, 2.45) is 5.73 Å². The average molecular weight is 980 g/mol. The van der Waals surface area contributed by atoms with Crippen molar-refractivity contribution in [3.63, 3.8) is 0 Å². The molecule has 0 saturated carbocycles. The maximum absolute atomic E-state index is 12.7. The van der Waals surface area contributed by atoms with Gasteiger partial charge in [0.2, 0.25) is 0 Å². The van der Waals surface area contributed by atoms with Crippen molar-refractivity contribution in [3.8, 4) is 0 Å². The first-order valence-corrected chi connectivity index (χ1v) is 28.5. The number of nitrogens with two attached hydrogens (primary N) is 1. The van der Waals surface area contributed by atoms with E-state index in [2.05, 4.69) is 135 Å². The van der Waals surface area contributed by atoms with Gasteiger partial charge in [-0.3, -0.25) is 18.6 Å². The van der Waals surface area contributed by atoms with Crippen molar-refractivity contribution in [1.29, 1.82) is 0 Å². The highest BCUT2D eigenvalue weighted by molar-refractivity contribution is 7.47. The summed E-state index contributed by atoms with van der Waals surface area (Å²) in [5, 5.41) is 0. The highest BCUT2D eigenvalue weighted by atomic mass is 31.2. The molecule has 0 aromatic rings. The number of rotatable bonds is 49. The zero-order valence-electron chi connectivity index (χ0n) is 43.5. The van der Waals surface area contributed by atoms with Crippen molar-refractivity contribution in [2.75, 3.05) is 26.4 Å². The number of carbonyl (C=O) groups is 2. The fraction of sp³-hybridized carbons (Fsp3) is 0.627. The monoisotopic (exact) mass is 980 g/mol. The van der Waals surface area contributed by atoms with Crippen LogP contribution in [0.3, 0.4) is 0 Å². The molecular formula is C59H98NO8P. The number of hydrogen-bond acceptors (Lipinski definition) is 8. The molecule has 10 heteroatoms. The number of phosphoric acid groups is 1. The molecule has 0 aromatic heterocycles. The predicted octanol–water partition coefficient (Wildman–Crippen LogP) is 16.8. The second kappa shape index (κ2) is 53.8. The van der Waals surface area contributed by atoms with Crippen LogP contribution in [0.25, 0.3) is 0 Å². The number of phosphoric ester groups is 1. The maximum Gasteiger partial charge on any atom is 0.472 e. The first-order valence-electron chi connectivity index (χ1n) is 27.0. The smallest absolute Gasteiger partial charge is 0.462 e. The van der Waals surface area contributed by atoms with Crippen LogP contribution in [0.4, 0.5) is 0 Å². The molecular weight excluding hydrogens is 882 g/mol. The van der Waals surface area contributed by atoms with Gasteiger partial charge in [0, 0.05) is 19.4 Å². The quantitative estimate of drug-likeness (QED) is 0.0264. The number of hydrogen-bond donors (Lipinski definition) is 2. The molecule has 0 fully saturated rings. The van der Waals surface area contributed by atoms with Crippen molar-refractivity contribution >= 4 is 19.8 Å². The fourth-order valence-electron chi connectivity index (χ4n) is 6.92. The lowest BCUT2D eigenvalue weighted by Crippen LogP contribution is -2.29. The molecule has 0 spiro atoms. The van der Waals surface area contributed by atoms with Gasteiger partial charge in [0.15, 0.2) is 6.10 Å². The molecule has 0 aliphatic rings. The van der Waals surface area contributed by atoms with Gasteiger partial charge in [0.05, 0.1) is 13.2 Å². The number of esters is 2.